The van der Waals surface area contributed by atoms with Crippen LogP contribution in [-0.4, -0.2) is 39.5 Å². The van der Waals surface area contributed by atoms with Crippen molar-refractivity contribution in [2.45, 2.75) is 31.1 Å². The number of ether oxygens (including phenoxy) is 1. The van der Waals surface area contributed by atoms with E-state index in [-0.39, 0.29) is 27.8 Å². The van der Waals surface area contributed by atoms with Gasteiger partial charge in [-0.25, -0.2) is 4.90 Å². The Morgan fingerprint density at radius 1 is 1.00 bits per heavy atom. The van der Waals surface area contributed by atoms with Crippen LogP contribution in [0.15, 0.2) is 66.7 Å². The zero-order chi connectivity index (χ0) is 30.6. The van der Waals surface area contributed by atoms with Gasteiger partial charge in [0.2, 0.25) is 11.8 Å². The molecule has 3 N–H and O–H groups in total. The number of hydrogen-bond donors (Lipinski definition) is 3. The lowest BCUT2D eigenvalue weighted by Gasteiger charge is -2.30. The van der Waals surface area contributed by atoms with Crippen molar-refractivity contribution in [3.05, 3.63) is 88.4 Å². The zero-order valence-electron chi connectivity index (χ0n) is 21.7. The molecule has 3 aromatic rings. The fourth-order valence-corrected chi connectivity index (χ4v) is 5.76. The number of benzene rings is 3. The number of amides is 2. The van der Waals surface area contributed by atoms with E-state index >= 15 is 0 Å². The molecule has 5 rings (SSSR count). The third-order valence-corrected chi connectivity index (χ3v) is 7.90. The number of aryl methyl sites for hydroxylation is 1. The lowest BCUT2D eigenvalue weighted by atomic mass is 9.77. The molecule has 0 spiro atoms. The number of hydrogen-bond acceptors (Lipinski definition) is 6. The predicted octanol–water partition coefficient (Wildman–Crippen LogP) is 5.21. The fourth-order valence-electron chi connectivity index (χ4n) is 5.58. The fraction of sp³-hybridized carbons (Fsp3) is 0.241. The average Bonchev–Trinajstić information content (AvgIpc) is 3.39. The summed E-state index contributed by atoms with van der Waals surface area (Å²) in [5.41, 5.74) is -2.25. The van der Waals surface area contributed by atoms with Crippen molar-refractivity contribution in [2.24, 2.45) is 11.8 Å². The van der Waals surface area contributed by atoms with Crippen molar-refractivity contribution in [2.75, 3.05) is 4.90 Å². The highest BCUT2D eigenvalue weighted by atomic mass is 35.5. The van der Waals surface area contributed by atoms with Gasteiger partial charge in [0.25, 0.3) is 0 Å². The van der Waals surface area contributed by atoms with Crippen molar-refractivity contribution in [1.29, 1.82) is 0 Å². The number of nitrogens with one attached hydrogen (secondary N) is 1. The Morgan fingerprint density at radius 3 is 2.29 bits per heavy atom. The molecular weight excluding hydrogens is 581 g/mol. The third kappa shape index (κ3) is 4.96. The molecule has 2 amide bonds. The molecule has 9 nitrogen and oxygen atoms in total. The second-order valence-electron chi connectivity index (χ2n) is 10.1. The van der Waals surface area contributed by atoms with E-state index in [0.29, 0.717) is 5.56 Å². The normalized spacial score (nSPS) is 23.6. The maximum absolute atomic E-state index is 13.8. The number of carbonyl (C=O) groups excluding carboxylic acids is 2. The number of carboxylic acid groups (broad SMARTS) is 2. The van der Waals surface area contributed by atoms with Crippen molar-refractivity contribution in [3.63, 3.8) is 0 Å². The van der Waals surface area contributed by atoms with Crippen molar-refractivity contribution < 1.29 is 47.3 Å². The van der Waals surface area contributed by atoms with E-state index in [9.17, 15) is 42.6 Å². The van der Waals surface area contributed by atoms with Crippen LogP contribution in [0, 0.1) is 18.8 Å². The molecule has 2 saturated heterocycles. The number of fused-ring (bicyclic) bond motifs is 1. The lowest BCUT2D eigenvalue weighted by molar-refractivity contribution is -0.154. The minimum absolute atomic E-state index is 0.0650. The first-order valence-corrected chi connectivity index (χ1v) is 12.9. The summed E-state index contributed by atoms with van der Waals surface area (Å²) >= 11 is 6.22. The van der Waals surface area contributed by atoms with Crippen LogP contribution in [0.5, 0.6) is 11.5 Å². The van der Waals surface area contributed by atoms with Gasteiger partial charge >= 0.3 is 18.1 Å². The van der Waals surface area contributed by atoms with Crippen LogP contribution in [-0.2, 0) is 25.4 Å². The molecule has 0 radical (unpaired) electrons. The van der Waals surface area contributed by atoms with Crippen LogP contribution in [0.2, 0.25) is 5.02 Å². The Hall–Kier alpha value is -4.42. The van der Waals surface area contributed by atoms with Crippen LogP contribution in [0.1, 0.15) is 29.2 Å². The number of imide groups is 1. The van der Waals surface area contributed by atoms with Gasteiger partial charge in [-0.3, -0.25) is 24.5 Å². The summed E-state index contributed by atoms with van der Waals surface area (Å²) in [5.74, 6) is -7.81. The summed E-state index contributed by atoms with van der Waals surface area (Å²) in [6, 6.07) is 13.3. The number of halogens is 4. The Bertz CT molecular complexity index is 1630. The molecule has 42 heavy (non-hydrogen) atoms. The molecule has 2 aliphatic heterocycles. The van der Waals surface area contributed by atoms with Gasteiger partial charge in [0.05, 0.1) is 29.5 Å². The average molecular weight is 603 g/mol. The second kappa shape index (κ2) is 10.4. The van der Waals surface area contributed by atoms with E-state index in [2.05, 4.69) is 5.32 Å². The molecule has 13 heteroatoms. The van der Waals surface area contributed by atoms with E-state index < -0.39 is 65.3 Å². The summed E-state index contributed by atoms with van der Waals surface area (Å²) in [6.45, 7) is 1.71. The highest BCUT2D eigenvalue weighted by Crippen LogP contribution is 2.51. The molecule has 0 bridgehead atoms. The van der Waals surface area contributed by atoms with Crippen LogP contribution in [0.25, 0.3) is 0 Å². The van der Waals surface area contributed by atoms with E-state index in [1.54, 1.807) is 13.0 Å². The van der Waals surface area contributed by atoms with Gasteiger partial charge in [0.15, 0.2) is 0 Å². The zero-order valence-corrected chi connectivity index (χ0v) is 22.4. The summed E-state index contributed by atoms with van der Waals surface area (Å²) in [5, 5.41) is 22.9. The molecule has 2 fully saturated rings. The molecule has 0 saturated carbocycles. The molecule has 3 aromatic carbocycles. The molecule has 2 heterocycles. The maximum atomic E-state index is 13.8. The Kier molecular flexibility index (Phi) is 7.23. The number of carboxylic acids is 2. The monoisotopic (exact) mass is 602 g/mol. The van der Waals surface area contributed by atoms with Crippen molar-refractivity contribution in [1.82, 2.24) is 5.32 Å². The first-order chi connectivity index (χ1) is 19.7. The van der Waals surface area contributed by atoms with E-state index in [1.807, 2.05) is 0 Å². The van der Waals surface area contributed by atoms with Crippen LogP contribution >= 0.6 is 11.6 Å². The number of rotatable bonds is 7. The quantitative estimate of drug-likeness (QED) is 0.314. The molecule has 4 unspecified atom stereocenters. The number of anilines is 1. The second-order valence-corrected chi connectivity index (χ2v) is 10.5. The topological polar surface area (TPSA) is 133 Å². The van der Waals surface area contributed by atoms with Crippen molar-refractivity contribution in [3.8, 4) is 11.5 Å². The minimum Gasteiger partial charge on any atom is -0.481 e. The smallest absolute Gasteiger partial charge is 0.416 e. The number of carbonyl (C=O) groups is 4. The summed E-state index contributed by atoms with van der Waals surface area (Å²) in [7, 11) is 0. The van der Waals surface area contributed by atoms with Crippen LogP contribution in [0.4, 0.5) is 18.9 Å². The summed E-state index contributed by atoms with van der Waals surface area (Å²) in [6.07, 6.45) is -5.61. The van der Waals surface area contributed by atoms with E-state index in [0.717, 1.165) is 17.0 Å². The molecule has 218 valence electrons. The molecule has 0 aliphatic carbocycles. The van der Waals surface area contributed by atoms with Crippen molar-refractivity contribution >= 4 is 41.0 Å². The van der Waals surface area contributed by atoms with Gasteiger partial charge in [0.1, 0.15) is 17.0 Å². The molecule has 4 atom stereocenters. The first-order valence-electron chi connectivity index (χ1n) is 12.5. The molecule has 2 aliphatic rings. The van der Waals surface area contributed by atoms with Gasteiger partial charge in [-0.2, -0.15) is 13.2 Å². The summed E-state index contributed by atoms with van der Waals surface area (Å²) in [4.78, 5) is 52.9. The number of alkyl halides is 3. The van der Waals surface area contributed by atoms with E-state index in [1.165, 1.54) is 48.5 Å². The van der Waals surface area contributed by atoms with Crippen LogP contribution < -0.4 is 15.0 Å². The predicted molar refractivity (Wildman–Crippen MR) is 142 cm³/mol. The highest BCUT2D eigenvalue weighted by molar-refractivity contribution is 6.32. The van der Waals surface area contributed by atoms with Gasteiger partial charge in [-0.05, 0) is 60.5 Å². The first kappa shape index (κ1) is 29.1. The number of nitrogens with zero attached hydrogens (tertiary/aromatic N) is 1. The maximum Gasteiger partial charge on any atom is 0.416 e. The molecular formula is C29H22ClF3N2O7. The Morgan fingerprint density at radius 2 is 1.67 bits per heavy atom. The summed E-state index contributed by atoms with van der Waals surface area (Å²) < 4.78 is 45.1. The lowest BCUT2D eigenvalue weighted by Crippen LogP contribution is -2.57. The van der Waals surface area contributed by atoms with Gasteiger partial charge < -0.3 is 14.9 Å². The van der Waals surface area contributed by atoms with Crippen LogP contribution in [0.3, 0.4) is 0 Å². The Balaban J connectivity index is 1.57. The Labute approximate surface area is 241 Å². The highest BCUT2D eigenvalue weighted by Gasteiger charge is 2.69. The van der Waals surface area contributed by atoms with Gasteiger partial charge in [-0.1, -0.05) is 35.9 Å². The van der Waals surface area contributed by atoms with Gasteiger partial charge in [0, 0.05) is 11.1 Å². The standard InChI is InChI=1S/C29H22ClF3N2O7/c1-14-8-9-17(12-20(14)30)35-25(38)22-23(26(35)39)28(27(40)41,13-21(36)37)34-24(22)15-4-2-6-18(10-15)42-19-7-3-5-16(11-19)29(31,32)33/h2-12,22-24,34H,13H2,1H3,(H,36,37)(H,40,41). The third-order valence-electron chi connectivity index (χ3n) is 7.49. The van der Waals surface area contributed by atoms with E-state index in [4.69, 9.17) is 16.3 Å². The molecule has 0 aromatic heterocycles. The number of aliphatic carboxylic acids is 2. The van der Waals surface area contributed by atoms with Gasteiger partial charge in [-0.15, -0.1) is 0 Å². The SMILES string of the molecule is Cc1ccc(N2C(=O)C3C(c4cccc(Oc5cccc(C(F)(F)F)c5)c4)NC(CC(=O)O)(C(=O)O)C3C2=O)cc1Cl. The minimum atomic E-state index is -4.60. The largest absolute Gasteiger partial charge is 0.481 e.